The third kappa shape index (κ3) is 5.70. The van der Waals surface area contributed by atoms with E-state index in [1.54, 1.807) is 0 Å². The Morgan fingerprint density at radius 2 is 1.88 bits per heavy atom. The van der Waals surface area contributed by atoms with Gasteiger partial charge in [-0.05, 0) is 37.8 Å². The third-order valence-corrected chi connectivity index (χ3v) is 3.30. The topological polar surface area (TPSA) is 47.3 Å². The highest BCUT2D eigenvalue weighted by Gasteiger charge is 2.31. The largest absolute Gasteiger partial charge is 0.389 e. The van der Waals surface area contributed by atoms with Crippen molar-refractivity contribution in [2.24, 2.45) is 11.1 Å². The molecule has 0 saturated carbocycles. The van der Waals surface area contributed by atoms with Gasteiger partial charge in [0.15, 0.2) is 0 Å². The van der Waals surface area contributed by atoms with E-state index in [4.69, 9.17) is 10.5 Å². The molecule has 0 aromatic carbocycles. The number of rotatable bonds is 6. The van der Waals surface area contributed by atoms with Crippen molar-refractivity contribution in [3.8, 4) is 0 Å². The van der Waals surface area contributed by atoms with E-state index in [9.17, 15) is 13.2 Å². The maximum absolute atomic E-state index is 11.9. The summed E-state index contributed by atoms with van der Waals surface area (Å²) < 4.78 is 41.0. The molecular formula is C11H21F3N2O. The highest BCUT2D eigenvalue weighted by molar-refractivity contribution is 4.84. The van der Waals surface area contributed by atoms with Crippen LogP contribution in [-0.4, -0.2) is 39.0 Å². The Kier molecular flexibility index (Phi) is 5.69. The lowest BCUT2D eigenvalue weighted by Crippen LogP contribution is -2.44. The molecule has 1 heterocycles. The number of ether oxygens (including phenoxy) is 1. The third-order valence-electron chi connectivity index (χ3n) is 3.30. The second kappa shape index (κ2) is 6.56. The molecule has 0 unspecified atom stereocenters. The summed E-state index contributed by atoms with van der Waals surface area (Å²) in [6, 6.07) is 0. The Balaban J connectivity index is 2.15. The maximum Gasteiger partial charge on any atom is 0.389 e. The van der Waals surface area contributed by atoms with Crippen molar-refractivity contribution >= 4 is 0 Å². The van der Waals surface area contributed by atoms with Gasteiger partial charge in [-0.1, -0.05) is 0 Å². The zero-order chi connectivity index (χ0) is 12.8. The van der Waals surface area contributed by atoms with Gasteiger partial charge in [-0.15, -0.1) is 0 Å². The monoisotopic (exact) mass is 254 g/mol. The number of halogens is 3. The Hall–Kier alpha value is -0.330. The van der Waals surface area contributed by atoms with Gasteiger partial charge in [-0.2, -0.15) is 13.2 Å². The molecule has 0 aliphatic carbocycles. The molecule has 0 aromatic rings. The zero-order valence-corrected chi connectivity index (χ0v) is 9.98. The van der Waals surface area contributed by atoms with E-state index in [-0.39, 0.29) is 11.8 Å². The van der Waals surface area contributed by atoms with Crippen LogP contribution in [0.1, 0.15) is 25.7 Å². The molecule has 17 heavy (non-hydrogen) atoms. The number of nitrogens with two attached hydrogens (primary N) is 1. The minimum atomic E-state index is -4.05. The average Bonchev–Trinajstić information content (AvgIpc) is 2.28. The summed E-state index contributed by atoms with van der Waals surface area (Å²) in [7, 11) is 0. The van der Waals surface area contributed by atoms with Crippen molar-refractivity contribution in [3.05, 3.63) is 0 Å². The van der Waals surface area contributed by atoms with Crippen LogP contribution >= 0.6 is 0 Å². The molecule has 1 saturated heterocycles. The normalized spacial score (nSPS) is 20.5. The Morgan fingerprint density at radius 3 is 2.41 bits per heavy atom. The second-order valence-corrected chi connectivity index (χ2v) is 4.71. The first kappa shape index (κ1) is 14.7. The Morgan fingerprint density at radius 1 is 1.24 bits per heavy atom. The molecule has 0 radical (unpaired) electrons. The predicted molar refractivity (Wildman–Crippen MR) is 59.7 cm³/mol. The van der Waals surface area contributed by atoms with Crippen molar-refractivity contribution in [2.75, 3.05) is 32.8 Å². The molecule has 0 bridgehead atoms. The molecule has 102 valence electrons. The van der Waals surface area contributed by atoms with Crippen LogP contribution in [-0.2, 0) is 4.74 Å². The SMILES string of the molecule is NCC1(CNCCCC(F)(F)F)CCOCC1. The summed E-state index contributed by atoms with van der Waals surface area (Å²) in [5, 5.41) is 3.08. The molecule has 0 atom stereocenters. The van der Waals surface area contributed by atoms with Crippen molar-refractivity contribution in [1.29, 1.82) is 0 Å². The van der Waals surface area contributed by atoms with E-state index in [0.717, 1.165) is 12.8 Å². The van der Waals surface area contributed by atoms with Crippen LogP contribution in [0.5, 0.6) is 0 Å². The number of alkyl halides is 3. The molecule has 0 spiro atoms. The highest BCUT2D eigenvalue weighted by Crippen LogP contribution is 2.28. The second-order valence-electron chi connectivity index (χ2n) is 4.71. The van der Waals surface area contributed by atoms with Gasteiger partial charge in [0.2, 0.25) is 0 Å². The molecule has 3 nitrogen and oxygen atoms in total. The van der Waals surface area contributed by atoms with Crippen LogP contribution in [0.2, 0.25) is 0 Å². The van der Waals surface area contributed by atoms with E-state index in [0.29, 0.717) is 32.8 Å². The van der Waals surface area contributed by atoms with Gasteiger partial charge in [0, 0.05) is 26.2 Å². The predicted octanol–water partition coefficient (Wildman–Crippen LogP) is 1.67. The lowest BCUT2D eigenvalue weighted by molar-refractivity contribution is -0.135. The van der Waals surface area contributed by atoms with Crippen LogP contribution in [0.3, 0.4) is 0 Å². The minimum absolute atomic E-state index is 0.0104. The summed E-state index contributed by atoms with van der Waals surface area (Å²) in [5.41, 5.74) is 5.76. The smallest absolute Gasteiger partial charge is 0.381 e. The maximum atomic E-state index is 11.9. The molecule has 6 heteroatoms. The van der Waals surface area contributed by atoms with E-state index in [2.05, 4.69) is 5.32 Å². The number of nitrogens with one attached hydrogen (secondary N) is 1. The van der Waals surface area contributed by atoms with Crippen LogP contribution in [0.15, 0.2) is 0 Å². The molecule has 1 aliphatic heterocycles. The Bertz CT molecular complexity index is 215. The minimum Gasteiger partial charge on any atom is -0.381 e. The fourth-order valence-electron chi connectivity index (χ4n) is 2.02. The molecule has 1 aliphatic rings. The van der Waals surface area contributed by atoms with Gasteiger partial charge in [0.1, 0.15) is 0 Å². The van der Waals surface area contributed by atoms with E-state index in [1.165, 1.54) is 0 Å². The fraction of sp³-hybridized carbons (Fsp3) is 1.00. The molecule has 1 fully saturated rings. The quantitative estimate of drug-likeness (QED) is 0.709. The molecule has 0 aromatic heterocycles. The molecule has 3 N–H and O–H groups in total. The summed E-state index contributed by atoms with van der Waals surface area (Å²) in [4.78, 5) is 0. The summed E-state index contributed by atoms with van der Waals surface area (Å²) in [6.45, 7) is 3.03. The highest BCUT2D eigenvalue weighted by atomic mass is 19.4. The van der Waals surface area contributed by atoms with Gasteiger partial charge in [-0.25, -0.2) is 0 Å². The van der Waals surface area contributed by atoms with Crippen LogP contribution in [0.25, 0.3) is 0 Å². The summed E-state index contributed by atoms with van der Waals surface area (Å²) in [5.74, 6) is 0. The van der Waals surface area contributed by atoms with Crippen molar-refractivity contribution in [2.45, 2.75) is 31.9 Å². The first-order valence-electron chi connectivity index (χ1n) is 6.03. The van der Waals surface area contributed by atoms with E-state index in [1.807, 2.05) is 0 Å². The fourth-order valence-corrected chi connectivity index (χ4v) is 2.02. The van der Waals surface area contributed by atoms with Gasteiger partial charge >= 0.3 is 6.18 Å². The van der Waals surface area contributed by atoms with Gasteiger partial charge < -0.3 is 15.8 Å². The van der Waals surface area contributed by atoms with Gasteiger partial charge in [-0.3, -0.25) is 0 Å². The number of hydrogen-bond acceptors (Lipinski definition) is 3. The van der Waals surface area contributed by atoms with Gasteiger partial charge in [0.25, 0.3) is 0 Å². The van der Waals surface area contributed by atoms with Crippen LogP contribution in [0, 0.1) is 5.41 Å². The number of hydrogen-bond donors (Lipinski definition) is 2. The zero-order valence-electron chi connectivity index (χ0n) is 9.98. The Labute approximate surface area is 99.9 Å². The average molecular weight is 254 g/mol. The summed E-state index contributed by atoms with van der Waals surface area (Å²) in [6.07, 6.45) is -2.88. The lowest BCUT2D eigenvalue weighted by atomic mass is 9.80. The first-order chi connectivity index (χ1) is 7.97. The standard InChI is InChI=1S/C11H21F3N2O/c12-11(13,14)2-1-5-16-9-10(8-15)3-6-17-7-4-10/h16H,1-9,15H2. The van der Waals surface area contributed by atoms with Crippen molar-refractivity contribution < 1.29 is 17.9 Å². The molecular weight excluding hydrogens is 233 g/mol. The molecule has 1 rings (SSSR count). The van der Waals surface area contributed by atoms with Crippen LogP contribution < -0.4 is 11.1 Å². The summed E-state index contributed by atoms with van der Waals surface area (Å²) >= 11 is 0. The van der Waals surface area contributed by atoms with E-state index >= 15 is 0 Å². The van der Waals surface area contributed by atoms with Crippen molar-refractivity contribution in [1.82, 2.24) is 5.32 Å². The van der Waals surface area contributed by atoms with Crippen molar-refractivity contribution in [3.63, 3.8) is 0 Å². The first-order valence-corrected chi connectivity index (χ1v) is 6.03. The lowest BCUT2D eigenvalue weighted by Gasteiger charge is -2.36. The van der Waals surface area contributed by atoms with Gasteiger partial charge in [0.05, 0.1) is 0 Å². The van der Waals surface area contributed by atoms with Crippen LogP contribution in [0.4, 0.5) is 13.2 Å². The van der Waals surface area contributed by atoms with E-state index < -0.39 is 12.6 Å². The molecule has 0 amide bonds.